The Labute approximate surface area is 219 Å². The molecule has 10 heteroatoms. The fourth-order valence-corrected chi connectivity index (χ4v) is 4.93. The number of carbonyl (C=O) groups excluding carboxylic acids is 3. The molecule has 0 bridgehead atoms. The first-order chi connectivity index (χ1) is 17.9. The van der Waals surface area contributed by atoms with E-state index in [1.54, 1.807) is 31.3 Å². The molecule has 0 radical (unpaired) electrons. The third-order valence-electron chi connectivity index (χ3n) is 7.09. The van der Waals surface area contributed by atoms with E-state index in [9.17, 15) is 27.6 Å². The second-order valence-corrected chi connectivity index (χ2v) is 10.2. The molecule has 2 aromatic carbocycles. The maximum absolute atomic E-state index is 13.6. The van der Waals surface area contributed by atoms with E-state index in [1.165, 1.54) is 17.0 Å². The van der Waals surface area contributed by atoms with Crippen LogP contribution in [0.2, 0.25) is 0 Å². The van der Waals surface area contributed by atoms with Crippen LogP contribution in [-0.2, 0) is 20.6 Å². The van der Waals surface area contributed by atoms with Crippen LogP contribution in [0.5, 0.6) is 0 Å². The molecule has 2 N–H and O–H groups in total. The van der Waals surface area contributed by atoms with Crippen molar-refractivity contribution in [2.24, 2.45) is 16.3 Å². The van der Waals surface area contributed by atoms with Crippen molar-refractivity contribution in [2.75, 3.05) is 18.5 Å². The zero-order chi connectivity index (χ0) is 27.7. The molecule has 1 saturated carbocycles. The molecule has 1 aliphatic heterocycles. The lowest BCUT2D eigenvalue weighted by atomic mass is 9.83. The summed E-state index contributed by atoms with van der Waals surface area (Å²) in [5.41, 5.74) is -0.461. The quantitative estimate of drug-likeness (QED) is 0.548. The molecule has 1 heterocycles. The summed E-state index contributed by atoms with van der Waals surface area (Å²) in [6.45, 7) is 4.33. The lowest BCUT2D eigenvalue weighted by Crippen LogP contribution is -2.55. The normalized spacial score (nSPS) is 19.0. The first-order valence-corrected chi connectivity index (χ1v) is 12.7. The van der Waals surface area contributed by atoms with Gasteiger partial charge in [0.25, 0.3) is 5.91 Å². The number of para-hydroxylation sites is 1. The minimum atomic E-state index is -4.50. The van der Waals surface area contributed by atoms with Crippen molar-refractivity contribution >= 4 is 29.1 Å². The zero-order valence-corrected chi connectivity index (χ0v) is 21.6. The molecule has 202 valence electrons. The second kappa shape index (κ2) is 10.6. The van der Waals surface area contributed by atoms with Crippen molar-refractivity contribution < 1.29 is 27.6 Å². The first kappa shape index (κ1) is 27.3. The zero-order valence-electron chi connectivity index (χ0n) is 21.6. The maximum Gasteiger partial charge on any atom is 0.416 e. The Bertz CT molecular complexity index is 1250. The number of rotatable bonds is 6. The second-order valence-electron chi connectivity index (χ2n) is 10.2. The number of amides is 3. The van der Waals surface area contributed by atoms with Crippen LogP contribution in [0.25, 0.3) is 0 Å². The van der Waals surface area contributed by atoms with Gasteiger partial charge in [-0.25, -0.2) is 4.99 Å². The highest BCUT2D eigenvalue weighted by molar-refractivity contribution is 6.20. The molecule has 1 aliphatic carbocycles. The molecule has 0 unspecified atom stereocenters. The van der Waals surface area contributed by atoms with Crippen molar-refractivity contribution in [2.45, 2.75) is 51.9 Å². The third-order valence-corrected chi connectivity index (χ3v) is 7.09. The largest absolute Gasteiger partial charge is 0.416 e. The fourth-order valence-electron chi connectivity index (χ4n) is 4.93. The number of anilines is 1. The summed E-state index contributed by atoms with van der Waals surface area (Å²) < 4.78 is 39.5. The van der Waals surface area contributed by atoms with Gasteiger partial charge in [-0.3, -0.25) is 14.4 Å². The summed E-state index contributed by atoms with van der Waals surface area (Å²) >= 11 is 0. The van der Waals surface area contributed by atoms with Gasteiger partial charge in [0.2, 0.25) is 18.0 Å². The van der Waals surface area contributed by atoms with Gasteiger partial charge < -0.3 is 15.5 Å². The topological polar surface area (TPSA) is 90.9 Å². The van der Waals surface area contributed by atoms with E-state index in [0.717, 1.165) is 12.1 Å². The van der Waals surface area contributed by atoms with E-state index < -0.39 is 35.1 Å². The van der Waals surface area contributed by atoms with Gasteiger partial charge in [0.15, 0.2) is 0 Å². The van der Waals surface area contributed by atoms with Gasteiger partial charge >= 0.3 is 6.18 Å². The minimum absolute atomic E-state index is 0.201. The predicted molar refractivity (Wildman–Crippen MR) is 138 cm³/mol. The van der Waals surface area contributed by atoms with Gasteiger partial charge in [0, 0.05) is 24.7 Å². The average Bonchev–Trinajstić information content (AvgIpc) is 3.36. The van der Waals surface area contributed by atoms with Crippen molar-refractivity contribution in [1.29, 1.82) is 0 Å². The Morgan fingerprint density at radius 2 is 1.68 bits per heavy atom. The monoisotopic (exact) mass is 528 g/mol. The molecule has 38 heavy (non-hydrogen) atoms. The Hall–Kier alpha value is -3.69. The summed E-state index contributed by atoms with van der Waals surface area (Å²) in [5.74, 6) is -1.27. The van der Waals surface area contributed by atoms with E-state index in [0.29, 0.717) is 49.0 Å². The number of benzene rings is 2. The Morgan fingerprint density at radius 3 is 2.29 bits per heavy atom. The summed E-state index contributed by atoms with van der Waals surface area (Å²) in [6, 6.07) is 11.4. The Morgan fingerprint density at radius 1 is 1.05 bits per heavy atom. The number of carbonyl (C=O) groups is 3. The number of halogens is 3. The number of nitrogens with one attached hydrogen (secondary N) is 2. The van der Waals surface area contributed by atoms with Crippen LogP contribution in [-0.4, -0.2) is 43.2 Å². The molecular weight excluding hydrogens is 497 g/mol. The molecular formula is C28H31F3N4O3. The van der Waals surface area contributed by atoms with Gasteiger partial charge in [-0.1, -0.05) is 57.0 Å². The summed E-state index contributed by atoms with van der Waals surface area (Å²) in [4.78, 5) is 46.2. The number of aliphatic imine (C=N–C) groups is 1. The highest BCUT2D eigenvalue weighted by Crippen LogP contribution is 2.39. The highest BCUT2D eigenvalue weighted by Gasteiger charge is 2.49. The van der Waals surface area contributed by atoms with Gasteiger partial charge in [-0.15, -0.1) is 0 Å². The average molecular weight is 529 g/mol. The number of hydrogen-bond donors (Lipinski definition) is 2. The van der Waals surface area contributed by atoms with Crippen LogP contribution in [0.1, 0.15) is 56.2 Å². The van der Waals surface area contributed by atoms with Gasteiger partial charge in [0.05, 0.1) is 17.0 Å². The summed E-state index contributed by atoms with van der Waals surface area (Å²) in [6.07, 6.45) is -3.75. The van der Waals surface area contributed by atoms with E-state index in [2.05, 4.69) is 15.6 Å². The number of likely N-dealkylation sites (N-methyl/N-ethyl adjacent to an activating group) is 1. The van der Waals surface area contributed by atoms with E-state index in [-0.39, 0.29) is 17.5 Å². The number of alkyl halides is 3. The van der Waals surface area contributed by atoms with Crippen LogP contribution in [0.3, 0.4) is 0 Å². The molecule has 0 spiro atoms. The van der Waals surface area contributed by atoms with Gasteiger partial charge in [0.1, 0.15) is 5.41 Å². The van der Waals surface area contributed by atoms with Gasteiger partial charge in [-0.05, 0) is 37.0 Å². The molecule has 1 fully saturated rings. The summed E-state index contributed by atoms with van der Waals surface area (Å²) in [5, 5.41) is 5.56. The summed E-state index contributed by atoms with van der Waals surface area (Å²) in [7, 11) is 1.55. The van der Waals surface area contributed by atoms with Crippen molar-refractivity contribution in [1.82, 2.24) is 10.6 Å². The van der Waals surface area contributed by atoms with Crippen LogP contribution >= 0.6 is 0 Å². The standard InChI is InChI=1S/C28H31F3N4O3/c1-17(2)16-32-25(37)27(14-6-7-15-27)26(38)34-23-24(36)35(3)21-9-5-4-8-20(21)22(33-23)18-10-12-19(13-11-18)28(29,30)31/h4-5,8-13,17,23H,6-7,14-16H2,1-3H3,(H,32,37)(H,34,38)/t23-/m1/s1. The minimum Gasteiger partial charge on any atom is -0.355 e. The molecule has 7 nitrogen and oxygen atoms in total. The Kier molecular flexibility index (Phi) is 7.62. The maximum atomic E-state index is 13.6. The van der Waals surface area contributed by atoms with Gasteiger partial charge in [-0.2, -0.15) is 13.2 Å². The number of hydrogen-bond acceptors (Lipinski definition) is 4. The Balaban J connectivity index is 1.72. The van der Waals surface area contributed by atoms with Crippen molar-refractivity contribution in [3.8, 4) is 0 Å². The van der Waals surface area contributed by atoms with Crippen molar-refractivity contribution in [3.05, 3.63) is 65.2 Å². The van der Waals surface area contributed by atoms with Crippen LogP contribution < -0.4 is 15.5 Å². The number of nitrogens with zero attached hydrogens (tertiary/aromatic N) is 2. The molecule has 3 amide bonds. The fraction of sp³-hybridized carbons (Fsp3) is 0.429. The molecule has 4 rings (SSSR count). The lowest BCUT2D eigenvalue weighted by Gasteiger charge is -2.29. The highest BCUT2D eigenvalue weighted by atomic mass is 19.4. The molecule has 2 aliphatic rings. The predicted octanol–water partition coefficient (Wildman–Crippen LogP) is 4.29. The molecule has 0 saturated heterocycles. The third kappa shape index (κ3) is 5.30. The van der Waals surface area contributed by atoms with E-state index in [1.807, 2.05) is 13.8 Å². The number of fused-ring (bicyclic) bond motifs is 1. The number of benzodiazepines with no additional fused rings is 1. The molecule has 2 aromatic rings. The lowest BCUT2D eigenvalue weighted by molar-refractivity contribution is -0.145. The van der Waals surface area contributed by atoms with Crippen LogP contribution in [0.15, 0.2) is 53.5 Å². The van der Waals surface area contributed by atoms with Crippen molar-refractivity contribution in [3.63, 3.8) is 0 Å². The van der Waals surface area contributed by atoms with Crippen LogP contribution in [0.4, 0.5) is 18.9 Å². The first-order valence-electron chi connectivity index (χ1n) is 12.7. The molecule has 1 atom stereocenters. The SMILES string of the molecule is CC(C)CNC(=O)C1(C(=O)N[C@H]2N=C(c3ccc(C(F)(F)F)cc3)c3ccccc3N(C)C2=O)CCCC1. The van der Waals surface area contributed by atoms with E-state index >= 15 is 0 Å². The smallest absolute Gasteiger partial charge is 0.355 e. The van der Waals surface area contributed by atoms with Crippen LogP contribution in [0, 0.1) is 11.3 Å². The molecule has 0 aromatic heterocycles. The van der Waals surface area contributed by atoms with E-state index in [4.69, 9.17) is 0 Å².